The standard InChI is InChI=1S/C28H29ClN2O5.ClH/c1-17(32)31(2)26-11-10-24(15-25(26)28(34)35)36-23-9-7-18-6-8-22(13-20(18)14-23)30-16-27(33)19-4-3-5-21(29)12-19;/h3-5,7,9-12,14-15,22,27,30,33H,6,8,13,16H2,1-2H3,(H,34,35);1H/t22-,27-;/m0./s1. The van der Waals surface area contributed by atoms with Crippen LogP contribution in [0.1, 0.15) is 46.5 Å². The van der Waals surface area contributed by atoms with Gasteiger partial charge in [-0.25, -0.2) is 4.79 Å². The highest BCUT2D eigenvalue weighted by molar-refractivity contribution is 6.30. The van der Waals surface area contributed by atoms with E-state index in [4.69, 9.17) is 16.3 Å². The number of ether oxygens (including phenoxy) is 1. The van der Waals surface area contributed by atoms with Crippen LogP contribution in [0.2, 0.25) is 5.02 Å². The molecule has 0 heterocycles. The Hall–Kier alpha value is -3.10. The van der Waals surface area contributed by atoms with Crippen molar-refractivity contribution in [1.29, 1.82) is 0 Å². The minimum atomic E-state index is -1.14. The average molecular weight is 545 g/mol. The fraction of sp³-hybridized carbons (Fsp3) is 0.286. The number of carbonyl (C=O) groups is 2. The zero-order valence-corrected chi connectivity index (χ0v) is 22.2. The number of carboxylic acids is 1. The van der Waals surface area contributed by atoms with Crippen molar-refractivity contribution in [3.8, 4) is 11.5 Å². The smallest absolute Gasteiger partial charge is 0.337 e. The van der Waals surface area contributed by atoms with Crippen LogP contribution in [0.3, 0.4) is 0 Å². The lowest BCUT2D eigenvalue weighted by Crippen LogP contribution is -2.37. The molecule has 0 saturated carbocycles. The van der Waals surface area contributed by atoms with Crippen molar-refractivity contribution in [3.63, 3.8) is 0 Å². The summed E-state index contributed by atoms with van der Waals surface area (Å²) in [6.07, 6.45) is 2.02. The van der Waals surface area contributed by atoms with Gasteiger partial charge in [-0.1, -0.05) is 29.8 Å². The first-order valence-corrected chi connectivity index (χ1v) is 12.2. The Morgan fingerprint density at radius 3 is 2.54 bits per heavy atom. The first kappa shape index (κ1) is 28.5. The van der Waals surface area contributed by atoms with Crippen molar-refractivity contribution in [2.45, 2.75) is 38.3 Å². The number of rotatable bonds is 8. The van der Waals surface area contributed by atoms with E-state index in [9.17, 15) is 19.8 Å². The fourth-order valence-corrected chi connectivity index (χ4v) is 4.63. The Balaban J connectivity index is 0.00000380. The summed E-state index contributed by atoms with van der Waals surface area (Å²) >= 11 is 6.04. The van der Waals surface area contributed by atoms with Crippen LogP contribution in [-0.2, 0) is 17.6 Å². The highest BCUT2D eigenvalue weighted by Crippen LogP contribution is 2.31. The van der Waals surface area contributed by atoms with Crippen molar-refractivity contribution in [1.82, 2.24) is 5.32 Å². The third-order valence-corrected chi connectivity index (χ3v) is 6.74. The average Bonchev–Trinajstić information content (AvgIpc) is 2.86. The van der Waals surface area contributed by atoms with Gasteiger partial charge in [0.25, 0.3) is 0 Å². The quantitative estimate of drug-likeness (QED) is 0.350. The van der Waals surface area contributed by atoms with Gasteiger partial charge < -0.3 is 25.2 Å². The number of amides is 1. The number of aromatic carboxylic acids is 1. The van der Waals surface area contributed by atoms with Crippen LogP contribution in [0.5, 0.6) is 11.5 Å². The first-order chi connectivity index (χ1) is 17.2. The highest BCUT2D eigenvalue weighted by atomic mass is 35.5. The van der Waals surface area contributed by atoms with E-state index in [0.29, 0.717) is 28.8 Å². The number of nitrogens with zero attached hydrogens (tertiary/aromatic N) is 1. The molecule has 3 aromatic rings. The molecule has 3 aromatic carbocycles. The number of halogens is 2. The number of fused-ring (bicyclic) bond motifs is 1. The molecule has 2 atom stereocenters. The number of hydrogen-bond donors (Lipinski definition) is 3. The van der Waals surface area contributed by atoms with E-state index in [1.165, 1.54) is 30.5 Å². The van der Waals surface area contributed by atoms with Gasteiger partial charge in [-0.05, 0) is 78.4 Å². The predicted octanol–water partition coefficient (Wildman–Crippen LogP) is 5.42. The largest absolute Gasteiger partial charge is 0.478 e. The summed E-state index contributed by atoms with van der Waals surface area (Å²) < 4.78 is 5.99. The monoisotopic (exact) mass is 544 g/mol. The van der Waals surface area contributed by atoms with Crippen molar-refractivity contribution < 1.29 is 24.5 Å². The lowest BCUT2D eigenvalue weighted by molar-refractivity contribution is -0.116. The van der Waals surface area contributed by atoms with Gasteiger partial charge in [0, 0.05) is 31.6 Å². The minimum absolute atomic E-state index is 0. The molecule has 0 saturated heterocycles. The van der Waals surface area contributed by atoms with Gasteiger partial charge >= 0.3 is 5.97 Å². The number of benzene rings is 3. The number of aryl methyl sites for hydroxylation is 1. The maximum absolute atomic E-state index is 11.8. The lowest BCUT2D eigenvalue weighted by Gasteiger charge is -2.27. The molecule has 9 heteroatoms. The number of aliphatic hydroxyl groups is 1. The van der Waals surface area contributed by atoms with E-state index >= 15 is 0 Å². The molecular weight excluding hydrogens is 515 g/mol. The molecule has 4 rings (SSSR count). The van der Waals surface area contributed by atoms with Crippen LogP contribution in [0.4, 0.5) is 5.69 Å². The second-order valence-electron chi connectivity index (χ2n) is 9.01. The summed E-state index contributed by atoms with van der Waals surface area (Å²) in [5, 5.41) is 24.2. The molecule has 0 radical (unpaired) electrons. The number of hydrogen-bond acceptors (Lipinski definition) is 5. The van der Waals surface area contributed by atoms with Crippen molar-refractivity contribution in [2.75, 3.05) is 18.5 Å². The Bertz CT molecular complexity index is 1280. The molecule has 0 bridgehead atoms. The van der Waals surface area contributed by atoms with Crippen molar-refractivity contribution in [2.24, 2.45) is 0 Å². The normalized spacial score (nSPS) is 15.2. The van der Waals surface area contributed by atoms with Crippen LogP contribution >= 0.6 is 24.0 Å². The molecule has 0 aromatic heterocycles. The maximum Gasteiger partial charge on any atom is 0.337 e. The van der Waals surface area contributed by atoms with E-state index in [1.807, 2.05) is 30.3 Å². The molecule has 1 aliphatic rings. The Morgan fingerprint density at radius 2 is 1.84 bits per heavy atom. The van der Waals surface area contributed by atoms with Crippen molar-refractivity contribution in [3.05, 3.63) is 87.9 Å². The van der Waals surface area contributed by atoms with E-state index in [0.717, 1.165) is 30.4 Å². The number of carbonyl (C=O) groups excluding carboxylic acids is 1. The molecule has 1 aliphatic carbocycles. The Kier molecular flexibility index (Phi) is 9.56. The van der Waals surface area contributed by atoms with Gasteiger partial charge in [0.1, 0.15) is 11.5 Å². The summed E-state index contributed by atoms with van der Waals surface area (Å²) in [6.45, 7) is 1.80. The third-order valence-electron chi connectivity index (χ3n) is 6.51. The minimum Gasteiger partial charge on any atom is -0.478 e. The van der Waals surface area contributed by atoms with Crippen LogP contribution in [0.25, 0.3) is 0 Å². The maximum atomic E-state index is 11.8. The second-order valence-corrected chi connectivity index (χ2v) is 9.45. The molecule has 0 spiro atoms. The van der Waals surface area contributed by atoms with Gasteiger partial charge in [-0.2, -0.15) is 0 Å². The summed E-state index contributed by atoms with van der Waals surface area (Å²) in [4.78, 5) is 24.8. The second kappa shape index (κ2) is 12.4. The van der Waals surface area contributed by atoms with E-state index < -0.39 is 12.1 Å². The Morgan fingerprint density at radius 1 is 1.11 bits per heavy atom. The summed E-state index contributed by atoms with van der Waals surface area (Å²) in [7, 11) is 1.53. The highest BCUT2D eigenvalue weighted by Gasteiger charge is 2.21. The van der Waals surface area contributed by atoms with E-state index in [2.05, 4.69) is 5.32 Å². The molecule has 0 fully saturated rings. The fourth-order valence-electron chi connectivity index (χ4n) is 4.43. The zero-order chi connectivity index (χ0) is 25.8. The molecule has 7 nitrogen and oxygen atoms in total. The zero-order valence-electron chi connectivity index (χ0n) is 20.6. The summed E-state index contributed by atoms with van der Waals surface area (Å²) in [6, 6.07) is 18.0. The molecule has 196 valence electrons. The number of carboxylic acid groups (broad SMARTS) is 1. The molecule has 0 unspecified atom stereocenters. The number of anilines is 1. The summed E-state index contributed by atoms with van der Waals surface area (Å²) in [5.74, 6) is -0.410. The van der Waals surface area contributed by atoms with Crippen LogP contribution < -0.4 is 15.0 Å². The Labute approximate surface area is 227 Å². The third kappa shape index (κ3) is 7.02. The molecule has 37 heavy (non-hydrogen) atoms. The van der Waals surface area contributed by atoms with Crippen LogP contribution in [0, 0.1) is 0 Å². The van der Waals surface area contributed by atoms with Crippen LogP contribution in [0.15, 0.2) is 60.7 Å². The SMILES string of the molecule is CC(=O)N(C)c1ccc(Oc2ccc3c(c2)C[C@@H](NC[C@H](O)c2cccc(Cl)c2)CC3)cc1C(=O)O.Cl. The summed E-state index contributed by atoms with van der Waals surface area (Å²) in [5.41, 5.74) is 3.48. The van der Waals surface area contributed by atoms with Gasteiger partial charge in [0.05, 0.1) is 17.4 Å². The van der Waals surface area contributed by atoms with E-state index in [1.54, 1.807) is 24.3 Å². The molecule has 3 N–H and O–H groups in total. The van der Waals surface area contributed by atoms with Crippen LogP contribution in [-0.4, -0.2) is 41.7 Å². The molecular formula is C28H30Cl2N2O5. The van der Waals surface area contributed by atoms with Gasteiger partial charge in [-0.15, -0.1) is 12.4 Å². The molecule has 0 aliphatic heterocycles. The lowest BCUT2D eigenvalue weighted by atomic mass is 9.88. The number of aliphatic hydroxyl groups excluding tert-OH is 1. The van der Waals surface area contributed by atoms with Gasteiger partial charge in [-0.3, -0.25) is 4.79 Å². The van der Waals surface area contributed by atoms with Gasteiger partial charge in [0.15, 0.2) is 0 Å². The topological polar surface area (TPSA) is 99.1 Å². The van der Waals surface area contributed by atoms with Gasteiger partial charge in [0.2, 0.25) is 5.91 Å². The van der Waals surface area contributed by atoms with E-state index in [-0.39, 0.29) is 29.9 Å². The van der Waals surface area contributed by atoms with Crippen molar-refractivity contribution >= 4 is 41.6 Å². The molecule has 1 amide bonds. The first-order valence-electron chi connectivity index (χ1n) is 11.8. The predicted molar refractivity (Wildman–Crippen MR) is 146 cm³/mol. The number of nitrogens with one attached hydrogen (secondary N) is 1.